The molecule has 1 unspecified atom stereocenters. The standard InChI is InChI=1S/C22H23N3O2/c23-14-17-1-5-20(6-2-17)27-21-7-3-18(4-8-21)22(26)24-19-13-16-9-11-25(15-19)12-10-16/h1-8,16,19H,9-13,15H2,(H,24,26). The molecule has 0 aliphatic carbocycles. The van der Waals surface area contributed by atoms with Gasteiger partial charge < -0.3 is 15.0 Å². The summed E-state index contributed by atoms with van der Waals surface area (Å²) in [6.45, 7) is 3.29. The minimum absolute atomic E-state index is 0.0209. The van der Waals surface area contributed by atoms with Gasteiger partial charge in [0.25, 0.3) is 5.91 Å². The van der Waals surface area contributed by atoms with Crippen LogP contribution >= 0.6 is 0 Å². The number of rotatable bonds is 4. The average Bonchev–Trinajstić information content (AvgIpc) is 3.01. The van der Waals surface area contributed by atoms with E-state index in [1.165, 1.54) is 25.9 Å². The smallest absolute Gasteiger partial charge is 0.251 e. The molecule has 3 aliphatic heterocycles. The molecular weight excluding hydrogens is 338 g/mol. The van der Waals surface area contributed by atoms with E-state index in [-0.39, 0.29) is 11.9 Å². The molecule has 1 atom stereocenters. The van der Waals surface area contributed by atoms with Crippen LogP contribution in [0.4, 0.5) is 0 Å². The van der Waals surface area contributed by atoms with Crippen LogP contribution in [-0.2, 0) is 0 Å². The number of nitrogens with one attached hydrogen (secondary N) is 1. The lowest BCUT2D eigenvalue weighted by Gasteiger charge is -2.26. The average molecular weight is 361 g/mol. The molecule has 5 heteroatoms. The van der Waals surface area contributed by atoms with E-state index >= 15 is 0 Å². The molecule has 3 aliphatic rings. The van der Waals surface area contributed by atoms with Crippen molar-refractivity contribution in [3.05, 3.63) is 59.7 Å². The van der Waals surface area contributed by atoms with Crippen LogP contribution < -0.4 is 10.1 Å². The second kappa shape index (κ2) is 7.81. The van der Waals surface area contributed by atoms with E-state index in [1.807, 2.05) is 0 Å². The van der Waals surface area contributed by atoms with Gasteiger partial charge in [0.2, 0.25) is 0 Å². The van der Waals surface area contributed by atoms with E-state index in [9.17, 15) is 4.79 Å². The van der Waals surface area contributed by atoms with Gasteiger partial charge in [-0.3, -0.25) is 4.79 Å². The molecule has 1 amide bonds. The summed E-state index contributed by atoms with van der Waals surface area (Å²) in [7, 11) is 0. The van der Waals surface area contributed by atoms with Crippen molar-refractivity contribution >= 4 is 5.91 Å². The molecule has 3 fully saturated rings. The quantitative estimate of drug-likeness (QED) is 0.904. The predicted octanol–water partition coefficient (Wildman–Crippen LogP) is 3.56. The number of fused-ring (bicyclic) bond motifs is 4. The zero-order valence-corrected chi connectivity index (χ0v) is 15.2. The first-order valence-electron chi connectivity index (χ1n) is 9.51. The van der Waals surface area contributed by atoms with Crippen molar-refractivity contribution in [2.75, 3.05) is 19.6 Å². The molecule has 0 radical (unpaired) electrons. The summed E-state index contributed by atoms with van der Waals surface area (Å²) in [4.78, 5) is 15.1. The van der Waals surface area contributed by atoms with Crippen LogP contribution in [-0.4, -0.2) is 36.5 Å². The number of ether oxygens (including phenoxy) is 1. The number of benzene rings is 2. The number of hydrogen-bond donors (Lipinski definition) is 1. The lowest BCUT2D eigenvalue weighted by atomic mass is 9.94. The fourth-order valence-electron chi connectivity index (χ4n) is 3.97. The molecule has 5 nitrogen and oxygen atoms in total. The van der Waals surface area contributed by atoms with Gasteiger partial charge in [0, 0.05) is 18.2 Å². The highest BCUT2D eigenvalue weighted by Gasteiger charge is 2.29. The highest BCUT2D eigenvalue weighted by atomic mass is 16.5. The molecule has 5 rings (SSSR count). The maximum absolute atomic E-state index is 12.6. The molecule has 2 bridgehead atoms. The van der Waals surface area contributed by atoms with Crippen LogP contribution in [0.2, 0.25) is 0 Å². The SMILES string of the molecule is N#Cc1ccc(Oc2ccc(C(=O)NC3CC4CCN(CC4)C3)cc2)cc1. The normalized spacial score (nSPS) is 23.9. The Morgan fingerprint density at radius 2 is 1.67 bits per heavy atom. The van der Waals surface area contributed by atoms with Gasteiger partial charge in [-0.15, -0.1) is 0 Å². The Morgan fingerprint density at radius 3 is 2.30 bits per heavy atom. The van der Waals surface area contributed by atoms with E-state index in [0.717, 1.165) is 18.9 Å². The molecule has 0 aromatic heterocycles. The Hall–Kier alpha value is -2.84. The van der Waals surface area contributed by atoms with Crippen LogP contribution in [0.3, 0.4) is 0 Å². The first-order valence-corrected chi connectivity index (χ1v) is 9.51. The molecule has 2 aromatic carbocycles. The fourth-order valence-corrected chi connectivity index (χ4v) is 3.97. The molecular formula is C22H23N3O2. The second-order valence-electron chi connectivity index (χ2n) is 7.41. The maximum atomic E-state index is 12.6. The molecule has 138 valence electrons. The summed E-state index contributed by atoms with van der Waals surface area (Å²) < 4.78 is 5.77. The largest absolute Gasteiger partial charge is 0.457 e. The molecule has 27 heavy (non-hydrogen) atoms. The van der Waals surface area contributed by atoms with Crippen LogP contribution in [0.25, 0.3) is 0 Å². The van der Waals surface area contributed by atoms with Crippen LogP contribution in [0.5, 0.6) is 11.5 Å². The Balaban J connectivity index is 1.36. The minimum Gasteiger partial charge on any atom is -0.457 e. The summed E-state index contributed by atoms with van der Waals surface area (Å²) in [5.41, 5.74) is 1.24. The van der Waals surface area contributed by atoms with Gasteiger partial charge in [0.1, 0.15) is 11.5 Å². The molecule has 3 saturated heterocycles. The zero-order chi connectivity index (χ0) is 18.6. The van der Waals surface area contributed by atoms with E-state index in [4.69, 9.17) is 10.00 Å². The van der Waals surface area contributed by atoms with Gasteiger partial charge in [-0.05, 0) is 86.8 Å². The van der Waals surface area contributed by atoms with Crippen LogP contribution in [0.15, 0.2) is 48.5 Å². The summed E-state index contributed by atoms with van der Waals surface area (Å²) in [5, 5.41) is 12.0. The highest BCUT2D eigenvalue weighted by Crippen LogP contribution is 2.27. The van der Waals surface area contributed by atoms with Gasteiger partial charge in [-0.1, -0.05) is 0 Å². The maximum Gasteiger partial charge on any atom is 0.251 e. The van der Waals surface area contributed by atoms with E-state index < -0.39 is 0 Å². The first-order chi connectivity index (χ1) is 13.2. The topological polar surface area (TPSA) is 65.4 Å². The van der Waals surface area contributed by atoms with Crippen molar-refractivity contribution in [2.45, 2.75) is 25.3 Å². The van der Waals surface area contributed by atoms with Crippen molar-refractivity contribution in [3.63, 3.8) is 0 Å². The summed E-state index contributed by atoms with van der Waals surface area (Å²) in [5.74, 6) is 2.05. The van der Waals surface area contributed by atoms with Gasteiger partial charge in [-0.2, -0.15) is 5.26 Å². The number of nitrogens with zero attached hydrogens (tertiary/aromatic N) is 2. The van der Waals surface area contributed by atoms with Gasteiger partial charge in [0.15, 0.2) is 0 Å². The van der Waals surface area contributed by atoms with Crippen molar-refractivity contribution in [1.82, 2.24) is 10.2 Å². The fraction of sp³-hybridized carbons (Fsp3) is 0.364. The third kappa shape index (κ3) is 4.29. The molecule has 2 aromatic rings. The number of nitriles is 1. The number of amides is 1. The van der Waals surface area contributed by atoms with Crippen molar-refractivity contribution in [3.8, 4) is 17.6 Å². The van der Waals surface area contributed by atoms with E-state index in [0.29, 0.717) is 22.6 Å². The number of piperidine rings is 1. The van der Waals surface area contributed by atoms with E-state index in [1.54, 1.807) is 48.5 Å². The number of carbonyl (C=O) groups excluding carboxylic acids is 1. The monoisotopic (exact) mass is 361 g/mol. The Kier molecular flexibility index (Phi) is 5.08. The Labute approximate surface area is 159 Å². The van der Waals surface area contributed by atoms with Crippen LogP contribution in [0.1, 0.15) is 35.2 Å². The lowest BCUT2D eigenvalue weighted by Crippen LogP contribution is -2.41. The Morgan fingerprint density at radius 1 is 1.04 bits per heavy atom. The second-order valence-corrected chi connectivity index (χ2v) is 7.41. The van der Waals surface area contributed by atoms with Gasteiger partial charge >= 0.3 is 0 Å². The molecule has 0 spiro atoms. The molecule has 1 N–H and O–H groups in total. The van der Waals surface area contributed by atoms with Crippen LogP contribution in [0, 0.1) is 17.2 Å². The third-order valence-electron chi connectivity index (χ3n) is 5.47. The molecule has 3 heterocycles. The summed E-state index contributed by atoms with van der Waals surface area (Å²) in [6.07, 6.45) is 3.60. The zero-order valence-electron chi connectivity index (χ0n) is 15.2. The van der Waals surface area contributed by atoms with Crippen molar-refractivity contribution < 1.29 is 9.53 Å². The predicted molar refractivity (Wildman–Crippen MR) is 103 cm³/mol. The van der Waals surface area contributed by atoms with E-state index in [2.05, 4.69) is 16.3 Å². The molecule has 0 saturated carbocycles. The highest BCUT2D eigenvalue weighted by molar-refractivity contribution is 5.94. The van der Waals surface area contributed by atoms with Gasteiger partial charge in [-0.25, -0.2) is 0 Å². The Bertz CT molecular complexity index is 817. The summed E-state index contributed by atoms with van der Waals surface area (Å²) in [6, 6.07) is 16.4. The first kappa shape index (κ1) is 17.6. The van der Waals surface area contributed by atoms with Crippen molar-refractivity contribution in [2.24, 2.45) is 5.92 Å². The number of hydrogen-bond acceptors (Lipinski definition) is 4. The van der Waals surface area contributed by atoms with Crippen molar-refractivity contribution in [1.29, 1.82) is 5.26 Å². The summed E-state index contributed by atoms with van der Waals surface area (Å²) >= 11 is 0. The number of carbonyl (C=O) groups is 1. The third-order valence-corrected chi connectivity index (χ3v) is 5.47. The minimum atomic E-state index is -0.0209. The lowest BCUT2D eigenvalue weighted by molar-refractivity contribution is 0.0929. The van der Waals surface area contributed by atoms with Gasteiger partial charge in [0.05, 0.1) is 11.6 Å².